The summed E-state index contributed by atoms with van der Waals surface area (Å²) in [6, 6.07) is 0. The minimum absolute atomic E-state index is 0.703. The first kappa shape index (κ1) is 13.5. The molecule has 19 heavy (non-hydrogen) atoms. The van der Waals surface area contributed by atoms with Crippen LogP contribution < -0.4 is 11.1 Å². The van der Waals surface area contributed by atoms with Crippen molar-refractivity contribution in [2.24, 2.45) is 14.1 Å². The van der Waals surface area contributed by atoms with Crippen molar-refractivity contribution in [2.45, 2.75) is 33.2 Å². The highest BCUT2D eigenvalue weighted by Gasteiger charge is 2.13. The Morgan fingerprint density at radius 1 is 1.32 bits per heavy atom. The first-order chi connectivity index (χ1) is 9.04. The molecule has 0 aliphatic rings. The van der Waals surface area contributed by atoms with Crippen LogP contribution in [0.5, 0.6) is 0 Å². The molecule has 0 aliphatic heterocycles. The maximum absolute atomic E-state index is 6.13. The molecule has 0 spiro atoms. The molecule has 2 heterocycles. The summed E-state index contributed by atoms with van der Waals surface area (Å²) >= 11 is 0. The van der Waals surface area contributed by atoms with Crippen molar-refractivity contribution in [3.8, 4) is 0 Å². The van der Waals surface area contributed by atoms with Crippen LogP contribution >= 0.6 is 0 Å². The smallest absolute Gasteiger partial charge is 0.148 e. The summed E-state index contributed by atoms with van der Waals surface area (Å²) in [5.74, 6) is 0.881. The molecule has 0 saturated heterocycles. The Kier molecular flexibility index (Phi) is 3.78. The van der Waals surface area contributed by atoms with E-state index < -0.39 is 0 Å². The zero-order chi connectivity index (χ0) is 14.0. The summed E-state index contributed by atoms with van der Waals surface area (Å²) in [5.41, 5.74) is 10.2. The molecule has 104 valence electrons. The van der Waals surface area contributed by atoms with Crippen molar-refractivity contribution >= 4 is 11.5 Å². The third-order valence-corrected chi connectivity index (χ3v) is 3.43. The van der Waals surface area contributed by atoms with E-state index in [4.69, 9.17) is 5.73 Å². The minimum atomic E-state index is 0.703. The molecule has 0 amide bonds. The topological polar surface area (TPSA) is 73.7 Å². The highest BCUT2D eigenvalue weighted by molar-refractivity contribution is 5.65. The average Bonchev–Trinajstić information content (AvgIpc) is 2.82. The van der Waals surface area contributed by atoms with Gasteiger partial charge in [0.25, 0.3) is 0 Å². The second-order valence-corrected chi connectivity index (χ2v) is 4.81. The second-order valence-electron chi connectivity index (χ2n) is 4.81. The van der Waals surface area contributed by atoms with Gasteiger partial charge in [-0.05, 0) is 13.3 Å². The molecule has 0 fully saturated rings. The lowest BCUT2D eigenvalue weighted by atomic mass is 10.2. The summed E-state index contributed by atoms with van der Waals surface area (Å²) < 4.78 is 3.68. The number of anilines is 2. The van der Waals surface area contributed by atoms with Crippen LogP contribution in [0.15, 0.2) is 6.20 Å². The quantitative estimate of drug-likeness (QED) is 0.858. The molecule has 0 aromatic carbocycles. The van der Waals surface area contributed by atoms with Gasteiger partial charge >= 0.3 is 0 Å². The van der Waals surface area contributed by atoms with Gasteiger partial charge in [0.2, 0.25) is 0 Å². The van der Waals surface area contributed by atoms with Crippen LogP contribution in [0, 0.1) is 6.92 Å². The average molecular weight is 262 g/mol. The number of hydrogen-bond donors (Lipinski definition) is 2. The fourth-order valence-corrected chi connectivity index (χ4v) is 2.12. The number of nitrogens with zero attached hydrogens (tertiary/aromatic N) is 4. The summed E-state index contributed by atoms with van der Waals surface area (Å²) in [6.07, 6.45) is 3.83. The van der Waals surface area contributed by atoms with E-state index in [-0.39, 0.29) is 0 Å². The lowest BCUT2D eigenvalue weighted by molar-refractivity contribution is 0.732. The molecule has 3 N–H and O–H groups in total. The molecule has 2 aromatic heterocycles. The second kappa shape index (κ2) is 5.34. The van der Waals surface area contributed by atoms with Crippen molar-refractivity contribution in [1.82, 2.24) is 19.6 Å². The molecule has 6 nitrogen and oxygen atoms in total. The minimum Gasteiger partial charge on any atom is -0.394 e. The fourth-order valence-electron chi connectivity index (χ4n) is 2.12. The molecule has 0 aliphatic carbocycles. The van der Waals surface area contributed by atoms with Gasteiger partial charge in [0, 0.05) is 31.9 Å². The third-order valence-electron chi connectivity index (χ3n) is 3.43. The van der Waals surface area contributed by atoms with Gasteiger partial charge in [0.1, 0.15) is 5.82 Å². The Balaban J connectivity index is 2.13. The van der Waals surface area contributed by atoms with Crippen LogP contribution in [-0.4, -0.2) is 19.6 Å². The number of nitrogen functional groups attached to an aromatic ring is 1. The van der Waals surface area contributed by atoms with Gasteiger partial charge in [-0.15, -0.1) is 0 Å². The molecule has 0 saturated carbocycles. The Hall–Kier alpha value is -1.98. The number of hydrogen-bond acceptors (Lipinski definition) is 4. The molecular formula is C13H22N6. The van der Waals surface area contributed by atoms with Crippen molar-refractivity contribution in [1.29, 1.82) is 0 Å². The first-order valence-electron chi connectivity index (χ1n) is 6.57. The van der Waals surface area contributed by atoms with E-state index in [1.807, 2.05) is 29.7 Å². The number of nitrogens with two attached hydrogens (primary N) is 1. The Morgan fingerprint density at radius 3 is 2.63 bits per heavy atom. The van der Waals surface area contributed by atoms with Crippen molar-refractivity contribution in [3.05, 3.63) is 23.1 Å². The number of rotatable bonds is 5. The zero-order valence-corrected chi connectivity index (χ0v) is 12.1. The lowest BCUT2D eigenvalue weighted by Gasteiger charge is -2.07. The third kappa shape index (κ3) is 2.57. The molecule has 6 heteroatoms. The van der Waals surface area contributed by atoms with E-state index in [2.05, 4.69) is 29.4 Å². The lowest BCUT2D eigenvalue weighted by Crippen LogP contribution is -2.07. The number of aromatic nitrogens is 4. The predicted molar refractivity (Wildman–Crippen MR) is 76.9 cm³/mol. The van der Waals surface area contributed by atoms with Crippen LogP contribution in [0.3, 0.4) is 0 Å². The van der Waals surface area contributed by atoms with E-state index in [9.17, 15) is 0 Å². The van der Waals surface area contributed by atoms with Crippen LogP contribution in [0.2, 0.25) is 0 Å². The van der Waals surface area contributed by atoms with Crippen LogP contribution in [0.4, 0.5) is 11.5 Å². The largest absolute Gasteiger partial charge is 0.394 e. The van der Waals surface area contributed by atoms with E-state index in [0.29, 0.717) is 6.54 Å². The summed E-state index contributed by atoms with van der Waals surface area (Å²) in [5, 5.41) is 12.0. The normalized spacial score (nSPS) is 10.9. The molecule has 2 aromatic rings. The van der Waals surface area contributed by atoms with Gasteiger partial charge in [0.05, 0.1) is 17.6 Å². The Labute approximate surface area is 113 Å². The van der Waals surface area contributed by atoms with E-state index in [0.717, 1.165) is 35.7 Å². The maximum atomic E-state index is 6.13. The van der Waals surface area contributed by atoms with Gasteiger partial charge in [0.15, 0.2) is 0 Å². The van der Waals surface area contributed by atoms with Gasteiger partial charge in [-0.25, -0.2) is 0 Å². The first-order valence-corrected chi connectivity index (χ1v) is 6.57. The van der Waals surface area contributed by atoms with Gasteiger partial charge in [-0.1, -0.05) is 13.3 Å². The molecule has 2 rings (SSSR count). The molecule has 0 unspecified atom stereocenters. The number of nitrogens with one attached hydrogen (secondary N) is 1. The van der Waals surface area contributed by atoms with E-state index in [1.54, 1.807) is 0 Å². The Morgan fingerprint density at radius 2 is 2.05 bits per heavy atom. The standard InChI is InChI=1S/C13H22N6/c1-5-6-11-12(14)13(19(4)17-11)15-7-10-8-16-18(3)9(10)2/h8,15H,5-7,14H2,1-4H3. The molecule has 0 atom stereocenters. The van der Waals surface area contributed by atoms with Crippen LogP contribution in [-0.2, 0) is 27.1 Å². The molecule has 0 radical (unpaired) electrons. The molecular weight excluding hydrogens is 240 g/mol. The zero-order valence-electron chi connectivity index (χ0n) is 12.1. The predicted octanol–water partition coefficient (Wildman–Crippen LogP) is 1.61. The maximum Gasteiger partial charge on any atom is 0.148 e. The van der Waals surface area contributed by atoms with Crippen molar-refractivity contribution in [3.63, 3.8) is 0 Å². The summed E-state index contributed by atoms with van der Waals surface area (Å²) in [6.45, 7) is 4.88. The molecule has 0 bridgehead atoms. The fraction of sp³-hybridized carbons (Fsp3) is 0.538. The SMILES string of the molecule is CCCc1nn(C)c(NCc2cnn(C)c2C)c1N. The highest BCUT2D eigenvalue weighted by Crippen LogP contribution is 2.23. The van der Waals surface area contributed by atoms with Gasteiger partial charge in [-0.3, -0.25) is 9.36 Å². The Bertz CT molecular complexity index is 566. The van der Waals surface area contributed by atoms with Crippen LogP contribution in [0.25, 0.3) is 0 Å². The summed E-state index contributed by atoms with van der Waals surface area (Å²) in [7, 11) is 3.85. The summed E-state index contributed by atoms with van der Waals surface area (Å²) in [4.78, 5) is 0. The van der Waals surface area contributed by atoms with Crippen LogP contribution in [0.1, 0.15) is 30.3 Å². The van der Waals surface area contributed by atoms with E-state index >= 15 is 0 Å². The van der Waals surface area contributed by atoms with Crippen molar-refractivity contribution in [2.75, 3.05) is 11.1 Å². The number of aryl methyl sites for hydroxylation is 3. The highest BCUT2D eigenvalue weighted by atomic mass is 15.3. The van der Waals surface area contributed by atoms with Gasteiger partial charge in [-0.2, -0.15) is 10.2 Å². The van der Waals surface area contributed by atoms with E-state index in [1.165, 1.54) is 5.56 Å². The monoisotopic (exact) mass is 262 g/mol. The van der Waals surface area contributed by atoms with Crippen molar-refractivity contribution < 1.29 is 0 Å². The van der Waals surface area contributed by atoms with Gasteiger partial charge < -0.3 is 11.1 Å².